The molecule has 0 radical (unpaired) electrons. The summed E-state index contributed by atoms with van der Waals surface area (Å²) in [5.74, 6) is 0. The predicted molar refractivity (Wildman–Crippen MR) is 95.2 cm³/mol. The maximum atomic E-state index is 10.6. The van der Waals surface area contributed by atoms with E-state index in [9.17, 15) is 51.1 Å². The summed E-state index contributed by atoms with van der Waals surface area (Å²) in [5.41, 5.74) is 0. The third kappa shape index (κ3) is 5.07. The van der Waals surface area contributed by atoms with Gasteiger partial charge in [0.05, 0.1) is 19.8 Å². The first-order valence-corrected chi connectivity index (χ1v) is 10.00. The highest BCUT2D eigenvalue weighted by Gasteiger charge is 2.52. The van der Waals surface area contributed by atoms with Crippen molar-refractivity contribution in [1.82, 2.24) is 0 Å². The average molecular weight is 474 g/mol. The van der Waals surface area contributed by atoms with Gasteiger partial charge in [0.1, 0.15) is 67.1 Å². The van der Waals surface area contributed by atoms with E-state index in [1.54, 1.807) is 0 Å². The molecule has 0 bridgehead atoms. The summed E-state index contributed by atoms with van der Waals surface area (Å²) < 4.78 is 26.4. The van der Waals surface area contributed by atoms with Crippen molar-refractivity contribution >= 4 is 0 Å². The molecule has 1 unspecified atom stereocenters. The van der Waals surface area contributed by atoms with Gasteiger partial charge in [-0.2, -0.15) is 0 Å². The van der Waals surface area contributed by atoms with E-state index in [0.29, 0.717) is 0 Å². The first-order valence-electron chi connectivity index (χ1n) is 10.00. The number of aliphatic hydroxyl groups is 10. The topological polar surface area (TPSA) is 248 Å². The lowest BCUT2D eigenvalue weighted by Gasteiger charge is -2.47. The molecule has 3 fully saturated rings. The molecular formula is C17H30O15. The molecule has 0 aromatic rings. The Bertz CT molecular complexity index is 594. The first kappa shape index (κ1) is 26.0. The van der Waals surface area contributed by atoms with Crippen LogP contribution >= 0.6 is 0 Å². The maximum Gasteiger partial charge on any atom is 0.187 e. The quantitative estimate of drug-likeness (QED) is 0.172. The number of ether oxygens (including phenoxy) is 5. The van der Waals surface area contributed by atoms with Crippen molar-refractivity contribution in [3.8, 4) is 0 Å². The molecule has 3 heterocycles. The van der Waals surface area contributed by atoms with Crippen molar-refractivity contribution in [2.45, 2.75) is 86.0 Å². The van der Waals surface area contributed by atoms with Gasteiger partial charge in [0.25, 0.3) is 0 Å². The summed E-state index contributed by atoms with van der Waals surface area (Å²) in [7, 11) is 0. The van der Waals surface area contributed by atoms with Gasteiger partial charge in [-0.1, -0.05) is 0 Å². The smallest absolute Gasteiger partial charge is 0.187 e. The van der Waals surface area contributed by atoms with Gasteiger partial charge < -0.3 is 74.7 Å². The number of aliphatic hydroxyl groups excluding tert-OH is 10. The van der Waals surface area contributed by atoms with E-state index >= 15 is 0 Å². The molecule has 0 aromatic carbocycles. The Morgan fingerprint density at radius 1 is 0.594 bits per heavy atom. The van der Waals surface area contributed by atoms with Gasteiger partial charge in [-0.25, -0.2) is 0 Å². The van der Waals surface area contributed by atoms with Crippen LogP contribution in [0.2, 0.25) is 0 Å². The molecule has 3 saturated heterocycles. The van der Waals surface area contributed by atoms with Crippen molar-refractivity contribution in [2.24, 2.45) is 0 Å². The molecule has 10 N–H and O–H groups in total. The Balaban J connectivity index is 1.80. The Morgan fingerprint density at radius 2 is 1.16 bits per heavy atom. The van der Waals surface area contributed by atoms with E-state index in [0.717, 1.165) is 0 Å². The maximum absolute atomic E-state index is 10.6. The Morgan fingerprint density at radius 3 is 1.78 bits per heavy atom. The largest absolute Gasteiger partial charge is 0.394 e. The van der Waals surface area contributed by atoms with Crippen LogP contribution in [0.25, 0.3) is 0 Å². The van der Waals surface area contributed by atoms with Crippen LogP contribution in [0.1, 0.15) is 0 Å². The highest BCUT2D eigenvalue weighted by molar-refractivity contribution is 4.95. The highest BCUT2D eigenvalue weighted by atomic mass is 16.8. The van der Waals surface area contributed by atoms with Gasteiger partial charge in [0, 0.05) is 0 Å². The minimum atomic E-state index is -1.87. The lowest BCUT2D eigenvalue weighted by Crippen LogP contribution is -2.66. The molecule has 32 heavy (non-hydrogen) atoms. The van der Waals surface area contributed by atoms with Gasteiger partial charge >= 0.3 is 0 Å². The molecule has 0 saturated carbocycles. The molecule has 3 rings (SSSR count). The van der Waals surface area contributed by atoms with E-state index in [-0.39, 0.29) is 0 Å². The van der Waals surface area contributed by atoms with E-state index in [4.69, 9.17) is 23.7 Å². The van der Waals surface area contributed by atoms with Crippen molar-refractivity contribution in [3.05, 3.63) is 0 Å². The van der Waals surface area contributed by atoms with Crippen LogP contribution < -0.4 is 0 Å². The highest BCUT2D eigenvalue weighted by Crippen LogP contribution is 2.31. The second-order valence-corrected chi connectivity index (χ2v) is 7.89. The van der Waals surface area contributed by atoms with E-state index < -0.39 is 106 Å². The third-order valence-corrected chi connectivity index (χ3v) is 5.70. The molecule has 14 atom stereocenters. The van der Waals surface area contributed by atoms with Crippen LogP contribution in [0.4, 0.5) is 0 Å². The third-order valence-electron chi connectivity index (χ3n) is 5.70. The fourth-order valence-electron chi connectivity index (χ4n) is 3.75. The molecule has 3 aliphatic rings. The molecule has 0 amide bonds. The fraction of sp³-hybridized carbons (Fsp3) is 1.00. The Kier molecular flexibility index (Phi) is 8.75. The summed E-state index contributed by atoms with van der Waals surface area (Å²) in [6.07, 6.45) is -23.0. The lowest BCUT2D eigenvalue weighted by atomic mass is 9.96. The number of rotatable bonds is 6. The molecule has 0 aromatic heterocycles. The normalized spacial score (nSPS) is 52.7. The Labute approximate surface area is 181 Å². The number of hydrogen-bond acceptors (Lipinski definition) is 15. The molecule has 15 nitrogen and oxygen atoms in total. The summed E-state index contributed by atoms with van der Waals surface area (Å²) in [5, 5.41) is 99.2. The standard InChI is InChI=1S/C17H30O15/c18-1-5-8(22)10(24)12(26)17(30-5)31-13-9(23)6(2-19)29-15(27)14(13)32-16-11(25)7(21)4(20)3-28-16/h4-27H,1-3H2/t4-,5-,6-,7+,8-,9-,10+,11-,12+,13+,14+,15?,16+,17-/m1/s1. The second-order valence-electron chi connectivity index (χ2n) is 7.89. The van der Waals surface area contributed by atoms with Crippen molar-refractivity contribution < 1.29 is 74.7 Å². The van der Waals surface area contributed by atoms with Gasteiger partial charge in [-0.05, 0) is 0 Å². The molecule has 0 spiro atoms. The van der Waals surface area contributed by atoms with Crippen molar-refractivity contribution in [3.63, 3.8) is 0 Å². The molecule has 15 heteroatoms. The zero-order chi connectivity index (χ0) is 23.7. The van der Waals surface area contributed by atoms with Gasteiger partial charge in [-0.3, -0.25) is 0 Å². The van der Waals surface area contributed by atoms with Crippen LogP contribution in [0, 0.1) is 0 Å². The van der Waals surface area contributed by atoms with Gasteiger partial charge in [0.15, 0.2) is 18.9 Å². The zero-order valence-corrected chi connectivity index (χ0v) is 16.7. The SMILES string of the molecule is OC[C@H]1O[C@H](O[C@H]2[C@H](O)[C@@H](CO)OC(O)[C@H]2O[C@@H]2OC[C@@H](O)[C@H](O)[C@H]2O)[C@@H](O)[C@@H](O)[C@@H]1O. The minimum absolute atomic E-state index is 0.424. The summed E-state index contributed by atoms with van der Waals surface area (Å²) in [6, 6.07) is 0. The zero-order valence-electron chi connectivity index (χ0n) is 16.7. The summed E-state index contributed by atoms with van der Waals surface area (Å²) in [4.78, 5) is 0. The van der Waals surface area contributed by atoms with Gasteiger partial charge in [-0.15, -0.1) is 0 Å². The molecule has 0 aliphatic carbocycles. The Hall–Kier alpha value is -0.600. The molecular weight excluding hydrogens is 444 g/mol. The molecule has 188 valence electrons. The van der Waals surface area contributed by atoms with Crippen LogP contribution in [0.5, 0.6) is 0 Å². The summed E-state index contributed by atoms with van der Waals surface area (Å²) >= 11 is 0. The molecule has 3 aliphatic heterocycles. The van der Waals surface area contributed by atoms with Crippen LogP contribution in [0.15, 0.2) is 0 Å². The van der Waals surface area contributed by atoms with Crippen molar-refractivity contribution in [1.29, 1.82) is 0 Å². The monoisotopic (exact) mass is 474 g/mol. The van der Waals surface area contributed by atoms with E-state index in [1.807, 2.05) is 0 Å². The number of hydrogen-bond donors (Lipinski definition) is 10. The van der Waals surface area contributed by atoms with Gasteiger partial charge in [0.2, 0.25) is 0 Å². The van der Waals surface area contributed by atoms with Crippen LogP contribution in [0.3, 0.4) is 0 Å². The van der Waals surface area contributed by atoms with Crippen LogP contribution in [-0.2, 0) is 23.7 Å². The fourth-order valence-corrected chi connectivity index (χ4v) is 3.75. The predicted octanol–water partition coefficient (Wildman–Crippen LogP) is -6.93. The van der Waals surface area contributed by atoms with E-state index in [2.05, 4.69) is 0 Å². The average Bonchev–Trinajstić information content (AvgIpc) is 2.78. The lowest BCUT2D eigenvalue weighted by molar-refractivity contribution is -0.382. The van der Waals surface area contributed by atoms with Crippen molar-refractivity contribution in [2.75, 3.05) is 19.8 Å². The van der Waals surface area contributed by atoms with E-state index in [1.165, 1.54) is 0 Å². The summed E-state index contributed by atoms with van der Waals surface area (Å²) in [6.45, 7) is -1.93. The first-order chi connectivity index (χ1) is 15.1. The minimum Gasteiger partial charge on any atom is -0.394 e. The van der Waals surface area contributed by atoms with Crippen LogP contribution in [-0.4, -0.2) is 157 Å². The second kappa shape index (κ2) is 10.8.